The van der Waals surface area contributed by atoms with E-state index in [0.29, 0.717) is 25.4 Å². The molecule has 27 heavy (non-hydrogen) atoms. The Kier molecular flexibility index (Phi) is 6.05. The summed E-state index contributed by atoms with van der Waals surface area (Å²) in [5, 5.41) is 6.79. The van der Waals surface area contributed by atoms with E-state index in [1.54, 1.807) is 31.4 Å². The summed E-state index contributed by atoms with van der Waals surface area (Å²) in [4.78, 5) is 31.6. The van der Waals surface area contributed by atoms with Crippen LogP contribution in [-0.4, -0.2) is 70.6 Å². The smallest absolute Gasteiger partial charge is 0.232 e. The van der Waals surface area contributed by atoms with Crippen molar-refractivity contribution in [2.75, 3.05) is 33.8 Å². The van der Waals surface area contributed by atoms with Gasteiger partial charge in [-0.15, -0.1) is 0 Å². The SMILES string of the molecule is CN(C)C(=O)CC(=O)N1CCC[C@@H](COc2ccc(-c3ccn[nH]3)nc2)C1. The molecule has 3 heterocycles. The fourth-order valence-electron chi connectivity index (χ4n) is 3.06. The van der Waals surface area contributed by atoms with Crippen LogP contribution >= 0.6 is 0 Å². The highest BCUT2D eigenvalue weighted by molar-refractivity contribution is 5.96. The first-order valence-electron chi connectivity index (χ1n) is 9.09. The van der Waals surface area contributed by atoms with Gasteiger partial charge in [0, 0.05) is 39.3 Å². The monoisotopic (exact) mass is 371 g/mol. The fraction of sp³-hybridized carbons (Fsp3) is 0.474. The van der Waals surface area contributed by atoms with Gasteiger partial charge in [-0.05, 0) is 31.0 Å². The molecule has 0 saturated carbocycles. The fourth-order valence-corrected chi connectivity index (χ4v) is 3.06. The molecule has 1 saturated heterocycles. The second kappa shape index (κ2) is 8.66. The van der Waals surface area contributed by atoms with Crippen molar-refractivity contribution in [1.29, 1.82) is 0 Å². The highest BCUT2D eigenvalue weighted by Crippen LogP contribution is 2.21. The van der Waals surface area contributed by atoms with Gasteiger partial charge < -0.3 is 14.5 Å². The molecule has 2 amide bonds. The molecule has 1 atom stereocenters. The van der Waals surface area contributed by atoms with Gasteiger partial charge in [-0.2, -0.15) is 5.10 Å². The molecule has 0 spiro atoms. The number of hydrogen-bond acceptors (Lipinski definition) is 5. The number of likely N-dealkylation sites (tertiary alicyclic amines) is 1. The average Bonchev–Trinajstić information content (AvgIpc) is 3.21. The Morgan fingerprint density at radius 2 is 2.19 bits per heavy atom. The van der Waals surface area contributed by atoms with Crippen molar-refractivity contribution in [3.05, 3.63) is 30.6 Å². The Balaban J connectivity index is 1.49. The highest BCUT2D eigenvalue weighted by Gasteiger charge is 2.25. The number of carbonyl (C=O) groups excluding carboxylic acids is 2. The van der Waals surface area contributed by atoms with Gasteiger partial charge >= 0.3 is 0 Å². The second-order valence-electron chi connectivity index (χ2n) is 6.97. The number of nitrogens with zero attached hydrogens (tertiary/aromatic N) is 4. The third-order valence-electron chi connectivity index (χ3n) is 4.67. The Labute approximate surface area is 158 Å². The molecule has 1 aliphatic heterocycles. The first-order valence-corrected chi connectivity index (χ1v) is 9.09. The van der Waals surface area contributed by atoms with E-state index in [1.807, 2.05) is 18.2 Å². The zero-order valence-corrected chi connectivity index (χ0v) is 15.7. The van der Waals surface area contributed by atoms with Crippen LogP contribution in [0.25, 0.3) is 11.4 Å². The Morgan fingerprint density at radius 3 is 2.85 bits per heavy atom. The number of carbonyl (C=O) groups is 2. The Hall–Kier alpha value is -2.90. The molecule has 0 radical (unpaired) electrons. The van der Waals surface area contributed by atoms with Crippen molar-refractivity contribution in [2.45, 2.75) is 19.3 Å². The Bertz CT molecular complexity index is 758. The minimum atomic E-state index is -0.165. The molecule has 0 aliphatic carbocycles. The van der Waals surface area contributed by atoms with Gasteiger partial charge in [0.25, 0.3) is 0 Å². The van der Waals surface area contributed by atoms with E-state index in [9.17, 15) is 9.59 Å². The predicted molar refractivity (Wildman–Crippen MR) is 99.9 cm³/mol. The number of aromatic amines is 1. The van der Waals surface area contributed by atoms with Crippen molar-refractivity contribution in [3.63, 3.8) is 0 Å². The van der Waals surface area contributed by atoms with Gasteiger partial charge in [-0.25, -0.2) is 0 Å². The van der Waals surface area contributed by atoms with Crippen LogP contribution in [0.4, 0.5) is 0 Å². The van der Waals surface area contributed by atoms with Crippen LogP contribution in [0, 0.1) is 5.92 Å². The van der Waals surface area contributed by atoms with E-state index < -0.39 is 0 Å². The molecule has 0 aromatic carbocycles. The molecule has 144 valence electrons. The minimum Gasteiger partial charge on any atom is -0.492 e. The largest absolute Gasteiger partial charge is 0.492 e. The van der Waals surface area contributed by atoms with Gasteiger partial charge in [0.05, 0.1) is 24.2 Å². The van der Waals surface area contributed by atoms with Crippen LogP contribution in [0.1, 0.15) is 19.3 Å². The summed E-state index contributed by atoms with van der Waals surface area (Å²) in [6.07, 6.45) is 5.24. The zero-order valence-electron chi connectivity index (χ0n) is 15.7. The summed E-state index contributed by atoms with van der Waals surface area (Å²) in [6.45, 7) is 1.85. The van der Waals surface area contributed by atoms with Crippen molar-refractivity contribution in [3.8, 4) is 17.1 Å². The van der Waals surface area contributed by atoms with Crippen LogP contribution in [0.3, 0.4) is 0 Å². The molecule has 2 aromatic heterocycles. The maximum Gasteiger partial charge on any atom is 0.232 e. The standard InChI is InChI=1S/C19H25N5O3/c1-23(2)18(25)10-19(26)24-9-3-4-14(12-24)13-27-15-5-6-16(20-11-15)17-7-8-21-22-17/h5-8,11,14H,3-4,9-10,12-13H2,1-2H3,(H,21,22)/t14-/m1/s1. The van der Waals surface area contributed by atoms with Crippen molar-refractivity contribution >= 4 is 11.8 Å². The van der Waals surface area contributed by atoms with Gasteiger partial charge in [-0.3, -0.25) is 19.7 Å². The van der Waals surface area contributed by atoms with Crippen LogP contribution in [0.15, 0.2) is 30.6 Å². The normalized spacial score (nSPS) is 16.8. The minimum absolute atomic E-state index is 0.0699. The highest BCUT2D eigenvalue weighted by atomic mass is 16.5. The van der Waals surface area contributed by atoms with Crippen LogP contribution in [0.2, 0.25) is 0 Å². The third-order valence-corrected chi connectivity index (χ3v) is 4.67. The van der Waals surface area contributed by atoms with Gasteiger partial charge in [0.2, 0.25) is 11.8 Å². The molecular weight excluding hydrogens is 346 g/mol. The lowest BCUT2D eigenvalue weighted by Crippen LogP contribution is -2.43. The van der Waals surface area contributed by atoms with E-state index >= 15 is 0 Å². The third kappa shape index (κ3) is 5.06. The second-order valence-corrected chi connectivity index (χ2v) is 6.97. The lowest BCUT2D eigenvalue weighted by Gasteiger charge is -2.32. The van der Waals surface area contributed by atoms with Crippen molar-refractivity contribution in [1.82, 2.24) is 25.0 Å². The van der Waals surface area contributed by atoms with E-state index in [0.717, 1.165) is 24.2 Å². The number of ether oxygens (including phenoxy) is 1. The summed E-state index contributed by atoms with van der Waals surface area (Å²) >= 11 is 0. The first kappa shape index (κ1) is 18.9. The van der Waals surface area contributed by atoms with E-state index in [1.165, 1.54) is 4.90 Å². The van der Waals surface area contributed by atoms with Crippen molar-refractivity contribution < 1.29 is 14.3 Å². The van der Waals surface area contributed by atoms with E-state index in [4.69, 9.17) is 4.74 Å². The molecule has 1 N–H and O–H groups in total. The summed E-state index contributed by atoms with van der Waals surface area (Å²) in [6, 6.07) is 5.62. The van der Waals surface area contributed by atoms with Gasteiger partial charge in [-0.1, -0.05) is 0 Å². The summed E-state index contributed by atoms with van der Waals surface area (Å²) in [5.41, 5.74) is 1.66. The molecule has 8 nitrogen and oxygen atoms in total. The van der Waals surface area contributed by atoms with Gasteiger partial charge in [0.15, 0.2) is 0 Å². The number of pyridine rings is 1. The van der Waals surface area contributed by atoms with E-state index in [2.05, 4.69) is 15.2 Å². The number of nitrogens with one attached hydrogen (secondary N) is 1. The first-order chi connectivity index (χ1) is 13.0. The number of aromatic nitrogens is 3. The molecule has 8 heteroatoms. The number of H-pyrrole nitrogens is 1. The molecule has 3 rings (SSSR count). The zero-order chi connectivity index (χ0) is 19.2. The number of rotatable bonds is 6. The molecular formula is C19H25N5O3. The summed E-state index contributed by atoms with van der Waals surface area (Å²) < 4.78 is 5.86. The lowest BCUT2D eigenvalue weighted by molar-refractivity contribution is -0.140. The lowest BCUT2D eigenvalue weighted by atomic mass is 9.98. The summed E-state index contributed by atoms with van der Waals surface area (Å²) in [7, 11) is 3.32. The number of piperidine rings is 1. The number of amides is 2. The molecule has 2 aromatic rings. The molecule has 0 unspecified atom stereocenters. The van der Waals surface area contributed by atoms with Gasteiger partial charge in [0.1, 0.15) is 12.2 Å². The Morgan fingerprint density at radius 1 is 1.33 bits per heavy atom. The molecule has 1 fully saturated rings. The summed E-state index contributed by atoms with van der Waals surface area (Å²) in [5.74, 6) is 0.680. The maximum absolute atomic E-state index is 12.3. The molecule has 0 bridgehead atoms. The molecule has 1 aliphatic rings. The van der Waals surface area contributed by atoms with E-state index in [-0.39, 0.29) is 24.2 Å². The van der Waals surface area contributed by atoms with Crippen LogP contribution < -0.4 is 4.74 Å². The topological polar surface area (TPSA) is 91.4 Å². The quantitative estimate of drug-likeness (QED) is 0.778. The van der Waals surface area contributed by atoms with Crippen LogP contribution in [0.5, 0.6) is 5.75 Å². The number of hydrogen-bond donors (Lipinski definition) is 1. The maximum atomic E-state index is 12.3. The average molecular weight is 371 g/mol. The predicted octanol–water partition coefficient (Wildman–Crippen LogP) is 1.57. The van der Waals surface area contributed by atoms with Crippen molar-refractivity contribution in [2.24, 2.45) is 5.92 Å². The van der Waals surface area contributed by atoms with Crippen LogP contribution in [-0.2, 0) is 9.59 Å².